The molecule has 6 heteroatoms. The van der Waals surface area contributed by atoms with Gasteiger partial charge in [-0.1, -0.05) is 18.2 Å². The Balaban J connectivity index is 1.73. The van der Waals surface area contributed by atoms with Crippen molar-refractivity contribution in [2.24, 2.45) is 0 Å². The summed E-state index contributed by atoms with van der Waals surface area (Å²) in [5, 5.41) is 0. The molecule has 0 bridgehead atoms. The van der Waals surface area contributed by atoms with Crippen molar-refractivity contribution in [3.63, 3.8) is 0 Å². The Hall–Kier alpha value is -2.99. The lowest BCUT2D eigenvalue weighted by molar-refractivity contribution is -0.00573. The highest BCUT2D eigenvalue weighted by atomic mass is 19.1. The molecule has 0 unspecified atom stereocenters. The van der Waals surface area contributed by atoms with Crippen LogP contribution in [0.4, 0.5) is 10.3 Å². The second kappa shape index (κ2) is 6.81. The lowest BCUT2D eigenvalue weighted by Gasteiger charge is -2.35. The van der Waals surface area contributed by atoms with Gasteiger partial charge in [-0.3, -0.25) is 9.38 Å². The van der Waals surface area contributed by atoms with Gasteiger partial charge in [-0.05, 0) is 56.2 Å². The van der Waals surface area contributed by atoms with Crippen LogP contribution in [0.15, 0.2) is 48.7 Å². The number of morpholine rings is 1. The summed E-state index contributed by atoms with van der Waals surface area (Å²) in [6.45, 7) is 7.77. The van der Waals surface area contributed by atoms with E-state index in [1.165, 1.54) is 6.07 Å². The molecule has 1 fully saturated rings. The average Bonchev–Trinajstić information content (AvgIpc) is 3.04. The SMILES string of the molecule is Cc1nc(N2C[C@@H](C)O[C@@H](C)C2)n2c1cnc1ccc(-c3cccc(F)c3)cc12. The molecule has 1 saturated heterocycles. The topological polar surface area (TPSA) is 42.7 Å². The van der Waals surface area contributed by atoms with Gasteiger partial charge in [-0.2, -0.15) is 0 Å². The normalized spacial score (nSPS) is 19.9. The number of imidazole rings is 1. The maximum atomic E-state index is 13.8. The molecular weight excluding hydrogens is 367 g/mol. The molecule has 2 aromatic carbocycles. The molecule has 29 heavy (non-hydrogen) atoms. The summed E-state index contributed by atoms with van der Waals surface area (Å²) in [4.78, 5) is 11.8. The predicted molar refractivity (Wildman–Crippen MR) is 113 cm³/mol. The third-order valence-corrected chi connectivity index (χ3v) is 5.48. The van der Waals surface area contributed by atoms with Crippen molar-refractivity contribution in [3.8, 4) is 11.1 Å². The summed E-state index contributed by atoms with van der Waals surface area (Å²) < 4.78 is 21.8. The number of aryl methyl sites for hydroxylation is 1. The second-order valence-corrected chi connectivity index (χ2v) is 7.85. The van der Waals surface area contributed by atoms with Gasteiger partial charge in [-0.15, -0.1) is 0 Å². The minimum Gasteiger partial charge on any atom is -0.372 e. The third-order valence-electron chi connectivity index (χ3n) is 5.48. The number of ether oxygens (including phenoxy) is 1. The first kappa shape index (κ1) is 18.1. The van der Waals surface area contributed by atoms with Crippen LogP contribution in [0, 0.1) is 12.7 Å². The molecule has 5 rings (SSSR count). The number of aromatic nitrogens is 3. The Morgan fingerprint density at radius 1 is 1.00 bits per heavy atom. The molecule has 0 aliphatic carbocycles. The minimum absolute atomic E-state index is 0.141. The molecule has 0 N–H and O–H groups in total. The Morgan fingerprint density at radius 3 is 2.52 bits per heavy atom. The molecule has 3 heterocycles. The van der Waals surface area contributed by atoms with E-state index in [0.717, 1.165) is 52.4 Å². The zero-order chi connectivity index (χ0) is 20.1. The van der Waals surface area contributed by atoms with Crippen molar-refractivity contribution in [3.05, 3.63) is 60.2 Å². The molecule has 2 atom stereocenters. The van der Waals surface area contributed by atoms with Gasteiger partial charge >= 0.3 is 0 Å². The number of halogens is 1. The van der Waals surface area contributed by atoms with E-state index in [4.69, 9.17) is 9.72 Å². The van der Waals surface area contributed by atoms with Crippen LogP contribution < -0.4 is 4.90 Å². The lowest BCUT2D eigenvalue weighted by Crippen LogP contribution is -2.46. The molecule has 0 radical (unpaired) electrons. The molecule has 0 saturated carbocycles. The van der Waals surface area contributed by atoms with Crippen LogP contribution in [0.3, 0.4) is 0 Å². The Labute approximate surface area is 168 Å². The van der Waals surface area contributed by atoms with Gasteiger partial charge in [0.05, 0.1) is 40.6 Å². The molecule has 2 aromatic heterocycles. The predicted octanol–water partition coefficient (Wildman–Crippen LogP) is 4.61. The first-order valence-electron chi connectivity index (χ1n) is 9.94. The van der Waals surface area contributed by atoms with Gasteiger partial charge in [-0.25, -0.2) is 9.37 Å². The van der Waals surface area contributed by atoms with Gasteiger partial charge in [0, 0.05) is 13.1 Å². The fourth-order valence-electron chi connectivity index (χ4n) is 4.26. The van der Waals surface area contributed by atoms with Crippen molar-refractivity contribution in [1.29, 1.82) is 0 Å². The molecule has 148 valence electrons. The van der Waals surface area contributed by atoms with Crippen molar-refractivity contribution >= 4 is 22.5 Å². The monoisotopic (exact) mass is 390 g/mol. The fourth-order valence-corrected chi connectivity index (χ4v) is 4.26. The van der Waals surface area contributed by atoms with Crippen LogP contribution in [0.25, 0.3) is 27.7 Å². The number of nitrogens with zero attached hydrogens (tertiary/aromatic N) is 4. The van der Waals surface area contributed by atoms with E-state index in [9.17, 15) is 4.39 Å². The van der Waals surface area contributed by atoms with Gasteiger partial charge in [0.25, 0.3) is 0 Å². The Kier molecular flexibility index (Phi) is 4.24. The van der Waals surface area contributed by atoms with Crippen molar-refractivity contribution < 1.29 is 9.13 Å². The van der Waals surface area contributed by atoms with Gasteiger partial charge in [0.1, 0.15) is 5.82 Å². The van der Waals surface area contributed by atoms with Gasteiger partial charge in [0.15, 0.2) is 0 Å². The van der Waals surface area contributed by atoms with Crippen LogP contribution in [-0.4, -0.2) is 39.7 Å². The quantitative estimate of drug-likeness (QED) is 0.501. The van der Waals surface area contributed by atoms with E-state index in [1.54, 1.807) is 12.1 Å². The van der Waals surface area contributed by atoms with E-state index < -0.39 is 0 Å². The molecule has 0 spiro atoms. The standard InChI is InChI=1S/C23H23FN4O/c1-14-12-27(13-15(2)29-14)23-26-16(3)22-11-25-20-8-7-18(10-21(20)28(22)23)17-5-4-6-19(24)9-17/h4-11,14-15H,12-13H2,1-3H3/t14-,15+. The highest BCUT2D eigenvalue weighted by molar-refractivity contribution is 5.85. The largest absolute Gasteiger partial charge is 0.372 e. The van der Waals surface area contributed by atoms with Crippen LogP contribution in [0.2, 0.25) is 0 Å². The first-order chi connectivity index (χ1) is 14.0. The number of rotatable bonds is 2. The van der Waals surface area contributed by atoms with Crippen molar-refractivity contribution in [2.75, 3.05) is 18.0 Å². The third kappa shape index (κ3) is 3.13. The highest BCUT2D eigenvalue weighted by Crippen LogP contribution is 2.30. The Morgan fingerprint density at radius 2 is 1.76 bits per heavy atom. The van der Waals surface area contributed by atoms with Crippen LogP contribution in [0.1, 0.15) is 19.5 Å². The van der Waals surface area contributed by atoms with Crippen LogP contribution in [-0.2, 0) is 4.74 Å². The van der Waals surface area contributed by atoms with E-state index in [1.807, 2.05) is 31.3 Å². The van der Waals surface area contributed by atoms with Gasteiger partial charge < -0.3 is 9.64 Å². The molecule has 1 aliphatic heterocycles. The number of fused-ring (bicyclic) bond motifs is 3. The molecule has 5 nitrogen and oxygen atoms in total. The van der Waals surface area contributed by atoms with E-state index in [-0.39, 0.29) is 18.0 Å². The summed E-state index contributed by atoms with van der Waals surface area (Å²) in [7, 11) is 0. The molecule has 1 aliphatic rings. The summed E-state index contributed by atoms with van der Waals surface area (Å²) >= 11 is 0. The maximum Gasteiger partial charge on any atom is 0.211 e. The zero-order valence-electron chi connectivity index (χ0n) is 16.8. The Bertz CT molecular complexity index is 1210. The number of hydrogen-bond acceptors (Lipinski definition) is 4. The van der Waals surface area contributed by atoms with E-state index in [2.05, 4.69) is 34.2 Å². The number of hydrogen-bond donors (Lipinski definition) is 0. The smallest absolute Gasteiger partial charge is 0.211 e. The fraction of sp³-hybridized carbons (Fsp3) is 0.304. The maximum absolute atomic E-state index is 13.8. The lowest BCUT2D eigenvalue weighted by atomic mass is 10.0. The average molecular weight is 390 g/mol. The first-order valence-corrected chi connectivity index (χ1v) is 9.94. The molecule has 0 amide bonds. The van der Waals surface area contributed by atoms with Crippen LogP contribution >= 0.6 is 0 Å². The highest BCUT2D eigenvalue weighted by Gasteiger charge is 2.26. The summed E-state index contributed by atoms with van der Waals surface area (Å²) in [6.07, 6.45) is 2.16. The number of anilines is 1. The van der Waals surface area contributed by atoms with Crippen molar-refractivity contribution in [2.45, 2.75) is 33.0 Å². The molecular formula is C23H23FN4O. The zero-order valence-corrected chi connectivity index (χ0v) is 16.8. The summed E-state index contributed by atoms with van der Waals surface area (Å²) in [5.74, 6) is 0.665. The van der Waals surface area contributed by atoms with Gasteiger partial charge in [0.2, 0.25) is 5.95 Å². The van der Waals surface area contributed by atoms with Crippen molar-refractivity contribution in [1.82, 2.24) is 14.4 Å². The molecule has 4 aromatic rings. The summed E-state index contributed by atoms with van der Waals surface area (Å²) in [5.41, 5.74) is 5.56. The number of benzene rings is 2. The van der Waals surface area contributed by atoms with E-state index in [0.29, 0.717) is 0 Å². The summed E-state index contributed by atoms with van der Waals surface area (Å²) in [6, 6.07) is 12.7. The van der Waals surface area contributed by atoms with E-state index >= 15 is 0 Å². The van der Waals surface area contributed by atoms with Crippen LogP contribution in [0.5, 0.6) is 0 Å². The second-order valence-electron chi connectivity index (χ2n) is 7.85. The minimum atomic E-state index is -0.241.